The summed E-state index contributed by atoms with van der Waals surface area (Å²) in [6.07, 6.45) is 0. The normalized spacial score (nSPS) is 14.9. The molecule has 35 heavy (non-hydrogen) atoms. The highest BCUT2D eigenvalue weighted by Gasteiger charge is 2.34. The number of amides is 1. The smallest absolute Gasteiger partial charge is 0.255 e. The van der Waals surface area contributed by atoms with Crippen LogP contribution in [0.5, 0.6) is 11.5 Å². The number of aromatic nitrogens is 2. The molecule has 1 amide bonds. The van der Waals surface area contributed by atoms with E-state index in [9.17, 15) is 4.79 Å². The van der Waals surface area contributed by atoms with Crippen molar-refractivity contribution in [1.82, 2.24) is 9.55 Å². The lowest BCUT2D eigenvalue weighted by Crippen LogP contribution is -2.31. The molecule has 0 saturated carbocycles. The van der Waals surface area contributed by atoms with Gasteiger partial charge in [-0.1, -0.05) is 35.9 Å². The van der Waals surface area contributed by atoms with Gasteiger partial charge in [0.2, 0.25) is 5.95 Å². The zero-order valence-electron chi connectivity index (χ0n) is 20.5. The van der Waals surface area contributed by atoms with Crippen molar-refractivity contribution in [1.29, 1.82) is 0 Å². The molecule has 1 atom stereocenters. The van der Waals surface area contributed by atoms with Crippen LogP contribution >= 0.6 is 0 Å². The van der Waals surface area contributed by atoms with E-state index < -0.39 is 6.04 Å². The number of hydrogen-bond acceptors (Lipinski definition) is 5. The van der Waals surface area contributed by atoms with Gasteiger partial charge in [0, 0.05) is 11.4 Å². The number of benzene rings is 3. The number of nitrogens with one attached hydrogen (secondary N) is 2. The molecule has 7 heteroatoms. The fourth-order valence-corrected chi connectivity index (χ4v) is 4.74. The van der Waals surface area contributed by atoms with Crippen LogP contribution in [0, 0.1) is 13.8 Å². The van der Waals surface area contributed by atoms with Crippen molar-refractivity contribution in [3.8, 4) is 11.5 Å². The van der Waals surface area contributed by atoms with Crippen molar-refractivity contribution < 1.29 is 14.3 Å². The molecule has 0 spiro atoms. The Kier molecular flexibility index (Phi) is 5.68. The first-order valence-electron chi connectivity index (χ1n) is 11.5. The molecule has 0 fully saturated rings. The Morgan fingerprint density at radius 2 is 1.74 bits per heavy atom. The van der Waals surface area contributed by atoms with Crippen molar-refractivity contribution in [3.63, 3.8) is 0 Å². The predicted octanol–water partition coefficient (Wildman–Crippen LogP) is 5.60. The van der Waals surface area contributed by atoms with Crippen LogP contribution in [0.2, 0.25) is 0 Å². The Labute approximate surface area is 204 Å². The molecular weight excluding hydrogens is 440 g/mol. The van der Waals surface area contributed by atoms with Crippen LogP contribution < -0.4 is 20.1 Å². The number of nitrogens with zero attached hydrogens (tertiary/aromatic N) is 2. The highest BCUT2D eigenvalue weighted by Crippen LogP contribution is 2.41. The number of fused-ring (bicyclic) bond motifs is 3. The molecular formula is C28H28N4O3. The van der Waals surface area contributed by atoms with Crippen molar-refractivity contribution in [2.75, 3.05) is 24.9 Å². The van der Waals surface area contributed by atoms with Gasteiger partial charge in [-0.2, -0.15) is 0 Å². The highest BCUT2D eigenvalue weighted by atomic mass is 16.5. The van der Waals surface area contributed by atoms with E-state index in [1.165, 1.54) is 0 Å². The fraction of sp³-hybridized carbons (Fsp3) is 0.214. The summed E-state index contributed by atoms with van der Waals surface area (Å²) in [6, 6.07) is 19.2. The van der Waals surface area contributed by atoms with E-state index in [-0.39, 0.29) is 5.91 Å². The lowest BCUT2D eigenvalue weighted by atomic mass is 9.93. The largest absolute Gasteiger partial charge is 0.493 e. The number of carbonyl (C=O) groups is 1. The zero-order valence-corrected chi connectivity index (χ0v) is 20.5. The summed E-state index contributed by atoms with van der Waals surface area (Å²) in [5, 5.41) is 6.49. The van der Waals surface area contributed by atoms with Gasteiger partial charge in [0.1, 0.15) is 0 Å². The topological polar surface area (TPSA) is 77.4 Å². The molecule has 0 aliphatic carbocycles. The van der Waals surface area contributed by atoms with Gasteiger partial charge < -0.3 is 20.1 Å². The van der Waals surface area contributed by atoms with Crippen molar-refractivity contribution in [2.45, 2.75) is 26.8 Å². The third kappa shape index (κ3) is 3.89. The highest BCUT2D eigenvalue weighted by molar-refractivity contribution is 6.06. The molecule has 3 aromatic carbocycles. The maximum Gasteiger partial charge on any atom is 0.255 e. The van der Waals surface area contributed by atoms with Crippen LogP contribution in [-0.4, -0.2) is 29.7 Å². The van der Waals surface area contributed by atoms with Crippen LogP contribution in [0.1, 0.15) is 29.7 Å². The molecule has 1 aliphatic rings. The van der Waals surface area contributed by atoms with E-state index in [2.05, 4.69) is 21.3 Å². The SMILES string of the molecule is COc1ccc([C@H]2C(C(=O)Nc3ccc(C)cc3C)=C(C)Nc3nc4ccccc4n32)cc1OC. The Bertz CT molecular complexity index is 1490. The summed E-state index contributed by atoms with van der Waals surface area (Å²) >= 11 is 0. The minimum absolute atomic E-state index is 0.176. The number of allylic oxidation sites excluding steroid dienone is 1. The van der Waals surface area contributed by atoms with Gasteiger partial charge in [-0.15, -0.1) is 0 Å². The number of anilines is 2. The quantitative estimate of drug-likeness (QED) is 0.399. The number of hydrogen-bond donors (Lipinski definition) is 2. The number of imidazole rings is 1. The second-order valence-electron chi connectivity index (χ2n) is 8.75. The molecule has 2 N–H and O–H groups in total. The molecule has 1 aliphatic heterocycles. The number of ether oxygens (including phenoxy) is 2. The van der Waals surface area contributed by atoms with Crippen LogP contribution in [0.3, 0.4) is 0 Å². The first-order valence-corrected chi connectivity index (χ1v) is 11.5. The Morgan fingerprint density at radius 1 is 0.971 bits per heavy atom. The van der Waals surface area contributed by atoms with E-state index in [1.807, 2.05) is 75.4 Å². The Morgan fingerprint density at radius 3 is 2.49 bits per heavy atom. The van der Waals surface area contributed by atoms with Gasteiger partial charge in [0.05, 0.1) is 36.9 Å². The van der Waals surface area contributed by atoms with Crippen molar-refractivity contribution in [2.24, 2.45) is 0 Å². The molecule has 178 valence electrons. The number of methoxy groups -OCH3 is 2. The number of para-hydroxylation sites is 2. The molecule has 1 aromatic heterocycles. The number of rotatable bonds is 5. The maximum atomic E-state index is 13.8. The third-order valence-electron chi connectivity index (χ3n) is 6.43. The van der Waals surface area contributed by atoms with E-state index >= 15 is 0 Å². The van der Waals surface area contributed by atoms with Gasteiger partial charge in [-0.05, 0) is 62.2 Å². The summed E-state index contributed by atoms with van der Waals surface area (Å²) in [4.78, 5) is 18.6. The zero-order chi connectivity index (χ0) is 24.7. The predicted molar refractivity (Wildman–Crippen MR) is 138 cm³/mol. The Hall–Kier alpha value is -4.26. The van der Waals surface area contributed by atoms with Crippen LogP contribution in [0.15, 0.2) is 71.9 Å². The summed E-state index contributed by atoms with van der Waals surface area (Å²) in [5.41, 5.74) is 6.96. The fourth-order valence-electron chi connectivity index (χ4n) is 4.74. The lowest BCUT2D eigenvalue weighted by Gasteiger charge is -2.31. The van der Waals surface area contributed by atoms with E-state index in [0.29, 0.717) is 23.0 Å². The summed E-state index contributed by atoms with van der Waals surface area (Å²) in [5.74, 6) is 1.74. The molecule has 0 saturated heterocycles. The number of carbonyl (C=O) groups excluding carboxylic acids is 1. The molecule has 5 rings (SSSR count). The Balaban J connectivity index is 1.68. The second kappa shape index (κ2) is 8.83. The van der Waals surface area contributed by atoms with Gasteiger partial charge in [0.15, 0.2) is 11.5 Å². The molecule has 0 bridgehead atoms. The van der Waals surface area contributed by atoms with Gasteiger partial charge in [-0.25, -0.2) is 4.98 Å². The van der Waals surface area contributed by atoms with Crippen LogP contribution in [0.4, 0.5) is 11.6 Å². The molecule has 7 nitrogen and oxygen atoms in total. The average Bonchev–Trinajstić information content (AvgIpc) is 3.22. The minimum Gasteiger partial charge on any atom is -0.493 e. The second-order valence-corrected chi connectivity index (χ2v) is 8.75. The first-order chi connectivity index (χ1) is 16.9. The van der Waals surface area contributed by atoms with E-state index in [0.717, 1.165) is 39.1 Å². The van der Waals surface area contributed by atoms with Crippen molar-refractivity contribution >= 4 is 28.6 Å². The first kappa shape index (κ1) is 22.5. The van der Waals surface area contributed by atoms with Crippen LogP contribution in [0.25, 0.3) is 11.0 Å². The summed E-state index contributed by atoms with van der Waals surface area (Å²) < 4.78 is 13.1. The van der Waals surface area contributed by atoms with E-state index in [1.54, 1.807) is 14.2 Å². The van der Waals surface area contributed by atoms with Crippen LogP contribution in [-0.2, 0) is 4.79 Å². The van der Waals surface area contributed by atoms with Gasteiger partial charge in [-0.3, -0.25) is 9.36 Å². The number of aryl methyl sites for hydroxylation is 2. The van der Waals surface area contributed by atoms with E-state index in [4.69, 9.17) is 14.5 Å². The summed E-state index contributed by atoms with van der Waals surface area (Å²) in [6.45, 7) is 5.94. The minimum atomic E-state index is -0.427. The standard InChI is InChI=1S/C28H28N4O3/c1-16-10-12-20(17(2)14-16)30-27(33)25-18(3)29-28-31-21-8-6-7-9-22(21)32(28)26(25)19-11-13-23(34-4)24(15-19)35-5/h6-15,26H,1-5H3,(H,29,31)(H,30,33)/t26-/m0/s1. The van der Waals surface area contributed by atoms with Crippen molar-refractivity contribution in [3.05, 3.63) is 88.6 Å². The molecule has 2 heterocycles. The maximum absolute atomic E-state index is 13.8. The molecule has 0 radical (unpaired) electrons. The molecule has 4 aromatic rings. The molecule has 0 unspecified atom stereocenters. The van der Waals surface area contributed by atoms with Gasteiger partial charge in [0.25, 0.3) is 5.91 Å². The monoisotopic (exact) mass is 468 g/mol. The van der Waals surface area contributed by atoms with Gasteiger partial charge >= 0.3 is 0 Å². The lowest BCUT2D eigenvalue weighted by molar-refractivity contribution is -0.113. The average molecular weight is 469 g/mol. The summed E-state index contributed by atoms with van der Waals surface area (Å²) in [7, 11) is 3.22. The third-order valence-corrected chi connectivity index (χ3v) is 6.43.